The third-order valence-corrected chi connectivity index (χ3v) is 3.56. The Hall–Kier alpha value is -1.42. The van der Waals surface area contributed by atoms with Crippen LogP contribution in [0.1, 0.15) is 34.1 Å². The van der Waals surface area contributed by atoms with Crippen LogP contribution in [0.3, 0.4) is 0 Å². The van der Waals surface area contributed by atoms with Crippen LogP contribution in [0, 0.1) is 11.8 Å². The monoisotopic (exact) mass is 266 g/mol. The van der Waals surface area contributed by atoms with Crippen molar-refractivity contribution in [2.24, 2.45) is 11.8 Å². The smallest absolute Gasteiger partial charge is 0.333 e. The molecule has 0 saturated carbocycles. The fraction of sp³-hybridized carbons (Fsp3) is 0.600. The number of Topliss-reactive ketones (excluding diaryl/α,β-unsaturated/α-hetero) is 1. The first-order valence-corrected chi connectivity index (χ1v) is 6.58. The summed E-state index contributed by atoms with van der Waals surface area (Å²) in [5.41, 5.74) is 0.895. The zero-order valence-corrected chi connectivity index (χ0v) is 12.0. The number of hydrogen-bond acceptors (Lipinski definition) is 4. The van der Waals surface area contributed by atoms with E-state index in [0.29, 0.717) is 17.6 Å². The predicted molar refractivity (Wildman–Crippen MR) is 72.4 cm³/mol. The van der Waals surface area contributed by atoms with E-state index in [4.69, 9.17) is 4.74 Å². The highest BCUT2D eigenvalue weighted by Crippen LogP contribution is 2.27. The summed E-state index contributed by atoms with van der Waals surface area (Å²) < 4.78 is 5.04. The third-order valence-electron chi connectivity index (χ3n) is 3.56. The van der Waals surface area contributed by atoms with Crippen LogP contribution in [0.25, 0.3) is 0 Å². The van der Waals surface area contributed by atoms with E-state index in [1.807, 2.05) is 13.8 Å². The lowest BCUT2D eigenvalue weighted by molar-refractivity contribution is -0.138. The number of carbonyl (C=O) groups excluding carboxylic acids is 2. The van der Waals surface area contributed by atoms with Crippen LogP contribution < -0.4 is 0 Å². The summed E-state index contributed by atoms with van der Waals surface area (Å²) in [7, 11) is 0. The summed E-state index contributed by atoms with van der Waals surface area (Å²) in [5, 5.41) is 9.97. The fourth-order valence-electron chi connectivity index (χ4n) is 2.02. The highest BCUT2D eigenvalue weighted by molar-refractivity contribution is 5.97. The van der Waals surface area contributed by atoms with Crippen LogP contribution in [-0.2, 0) is 14.3 Å². The summed E-state index contributed by atoms with van der Waals surface area (Å²) in [5.74, 6) is -0.291. The van der Waals surface area contributed by atoms with Crippen LogP contribution in [0.2, 0.25) is 0 Å². The normalized spacial score (nSPS) is 24.4. The van der Waals surface area contributed by atoms with Crippen molar-refractivity contribution in [2.45, 2.75) is 40.2 Å². The van der Waals surface area contributed by atoms with Crippen molar-refractivity contribution in [3.8, 4) is 0 Å². The van der Waals surface area contributed by atoms with Crippen LogP contribution in [0.5, 0.6) is 0 Å². The minimum atomic E-state index is -0.644. The molecule has 0 aromatic carbocycles. The van der Waals surface area contributed by atoms with Crippen molar-refractivity contribution in [2.75, 3.05) is 6.61 Å². The maximum Gasteiger partial charge on any atom is 0.333 e. The van der Waals surface area contributed by atoms with Crippen LogP contribution >= 0.6 is 0 Å². The molecule has 0 aromatic heterocycles. The van der Waals surface area contributed by atoms with Gasteiger partial charge >= 0.3 is 5.97 Å². The fourth-order valence-corrected chi connectivity index (χ4v) is 2.02. The first-order chi connectivity index (χ1) is 8.86. The van der Waals surface area contributed by atoms with Gasteiger partial charge in [-0.15, -0.1) is 0 Å². The van der Waals surface area contributed by atoms with Gasteiger partial charge in [0.15, 0.2) is 5.78 Å². The van der Waals surface area contributed by atoms with E-state index in [9.17, 15) is 14.7 Å². The molecule has 0 radical (unpaired) electrons. The molecule has 0 bridgehead atoms. The van der Waals surface area contributed by atoms with E-state index in [1.165, 1.54) is 6.08 Å². The number of aliphatic hydroxyl groups excluding tert-OH is 1. The standard InChI is InChI=1S/C15H22O4/c1-5-10(4)15(18)19-8-11-6-14(17)12(9(2)3)7-13(11)16/h5-6,9,12,14,17H,7-8H2,1-4H3. The summed E-state index contributed by atoms with van der Waals surface area (Å²) >= 11 is 0. The van der Waals surface area contributed by atoms with Crippen molar-refractivity contribution in [3.05, 3.63) is 23.3 Å². The summed E-state index contributed by atoms with van der Waals surface area (Å²) in [4.78, 5) is 23.4. The van der Waals surface area contributed by atoms with Gasteiger partial charge in [-0.1, -0.05) is 19.9 Å². The van der Waals surface area contributed by atoms with Crippen molar-refractivity contribution >= 4 is 11.8 Å². The van der Waals surface area contributed by atoms with Gasteiger partial charge in [-0.3, -0.25) is 4.79 Å². The SMILES string of the molecule is CC=C(C)C(=O)OCC1=CC(O)C(C(C)C)CC1=O. The molecule has 19 heavy (non-hydrogen) atoms. The Morgan fingerprint density at radius 3 is 2.74 bits per heavy atom. The molecule has 1 rings (SSSR count). The Balaban J connectivity index is 2.67. The predicted octanol–water partition coefficient (Wildman–Crippen LogP) is 2.03. The topological polar surface area (TPSA) is 63.6 Å². The second-order valence-electron chi connectivity index (χ2n) is 5.27. The van der Waals surface area contributed by atoms with E-state index in [0.717, 1.165) is 0 Å². The van der Waals surface area contributed by atoms with Crippen LogP contribution in [0.15, 0.2) is 23.3 Å². The Morgan fingerprint density at radius 1 is 1.58 bits per heavy atom. The lowest BCUT2D eigenvalue weighted by Gasteiger charge is -2.28. The maximum absolute atomic E-state index is 11.9. The van der Waals surface area contributed by atoms with Gasteiger partial charge in [-0.2, -0.15) is 0 Å². The molecule has 4 heteroatoms. The molecule has 2 atom stereocenters. The molecule has 0 spiro atoms. The van der Waals surface area contributed by atoms with Gasteiger partial charge in [0.05, 0.1) is 6.10 Å². The first kappa shape index (κ1) is 15.6. The second-order valence-corrected chi connectivity index (χ2v) is 5.27. The highest BCUT2D eigenvalue weighted by Gasteiger charge is 2.31. The number of allylic oxidation sites excluding steroid dienone is 1. The van der Waals surface area contributed by atoms with Gasteiger partial charge in [0.1, 0.15) is 6.61 Å². The summed E-state index contributed by atoms with van der Waals surface area (Å²) in [6.07, 6.45) is 2.84. The van der Waals surface area contributed by atoms with Crippen LogP contribution in [0.4, 0.5) is 0 Å². The molecule has 0 saturated heterocycles. The van der Waals surface area contributed by atoms with Gasteiger partial charge in [0.2, 0.25) is 0 Å². The minimum absolute atomic E-state index is 0.0464. The van der Waals surface area contributed by atoms with E-state index in [1.54, 1.807) is 19.9 Å². The largest absolute Gasteiger partial charge is 0.457 e. The van der Waals surface area contributed by atoms with Gasteiger partial charge in [0.25, 0.3) is 0 Å². The Labute approximate surface area is 114 Å². The molecular formula is C15H22O4. The lowest BCUT2D eigenvalue weighted by atomic mass is 9.80. The number of esters is 1. The zero-order valence-electron chi connectivity index (χ0n) is 12.0. The average Bonchev–Trinajstić information content (AvgIpc) is 2.37. The third kappa shape index (κ3) is 4.03. The summed E-state index contributed by atoms with van der Waals surface area (Å²) in [6, 6.07) is 0. The van der Waals surface area contributed by atoms with Crippen molar-refractivity contribution in [1.29, 1.82) is 0 Å². The number of hydrogen-bond donors (Lipinski definition) is 1. The lowest BCUT2D eigenvalue weighted by Crippen LogP contribution is -2.32. The number of carbonyl (C=O) groups is 2. The van der Waals surface area contributed by atoms with E-state index in [-0.39, 0.29) is 24.2 Å². The van der Waals surface area contributed by atoms with E-state index < -0.39 is 12.1 Å². The van der Waals surface area contributed by atoms with E-state index >= 15 is 0 Å². The van der Waals surface area contributed by atoms with Gasteiger partial charge in [0, 0.05) is 17.6 Å². The zero-order chi connectivity index (χ0) is 14.6. The van der Waals surface area contributed by atoms with Gasteiger partial charge in [-0.25, -0.2) is 4.79 Å². The van der Waals surface area contributed by atoms with Crippen molar-refractivity contribution < 1.29 is 19.4 Å². The van der Waals surface area contributed by atoms with E-state index in [2.05, 4.69) is 0 Å². The highest BCUT2D eigenvalue weighted by atomic mass is 16.5. The maximum atomic E-state index is 11.9. The molecule has 1 aliphatic rings. The van der Waals surface area contributed by atoms with Crippen molar-refractivity contribution in [1.82, 2.24) is 0 Å². The minimum Gasteiger partial charge on any atom is -0.457 e. The number of ketones is 1. The quantitative estimate of drug-likeness (QED) is 0.624. The molecule has 0 amide bonds. The number of rotatable bonds is 4. The first-order valence-electron chi connectivity index (χ1n) is 6.58. The molecule has 1 aliphatic carbocycles. The Kier molecular flexibility index (Phi) is 5.48. The van der Waals surface area contributed by atoms with Gasteiger partial charge in [-0.05, 0) is 31.8 Å². The molecule has 2 unspecified atom stereocenters. The second kappa shape index (κ2) is 6.66. The molecular weight excluding hydrogens is 244 g/mol. The van der Waals surface area contributed by atoms with Crippen molar-refractivity contribution in [3.63, 3.8) is 0 Å². The number of aliphatic hydroxyl groups is 1. The van der Waals surface area contributed by atoms with Gasteiger partial charge < -0.3 is 9.84 Å². The molecule has 0 aromatic rings. The Morgan fingerprint density at radius 2 is 2.21 bits per heavy atom. The summed E-state index contributed by atoms with van der Waals surface area (Å²) in [6.45, 7) is 7.30. The number of ether oxygens (including phenoxy) is 1. The molecule has 0 heterocycles. The Bertz CT molecular complexity index is 418. The average molecular weight is 266 g/mol. The molecule has 0 aliphatic heterocycles. The molecule has 4 nitrogen and oxygen atoms in total. The van der Waals surface area contributed by atoms with Crippen LogP contribution in [-0.4, -0.2) is 29.6 Å². The molecule has 1 N–H and O–H groups in total. The molecule has 106 valence electrons. The molecule has 0 fully saturated rings.